The summed E-state index contributed by atoms with van der Waals surface area (Å²) in [7, 11) is 0. The van der Waals surface area contributed by atoms with E-state index in [9.17, 15) is 9.18 Å². The zero-order valence-corrected chi connectivity index (χ0v) is 17.8. The Bertz CT molecular complexity index is 1020. The summed E-state index contributed by atoms with van der Waals surface area (Å²) in [5.41, 5.74) is 3.27. The molecular weight excluding hydrogens is 389 g/mol. The molecule has 0 radical (unpaired) electrons. The van der Waals surface area contributed by atoms with Crippen molar-refractivity contribution < 1.29 is 9.18 Å². The summed E-state index contributed by atoms with van der Waals surface area (Å²) in [4.78, 5) is 19.9. The maximum atomic E-state index is 14.0. The Balaban J connectivity index is 1.46. The number of hydrogen-bond acceptors (Lipinski definition) is 3. The molecule has 0 bridgehead atoms. The lowest BCUT2D eigenvalue weighted by Gasteiger charge is -2.36. The maximum Gasteiger partial charge on any atom is 0.252 e. The first kappa shape index (κ1) is 21.2. The first-order chi connectivity index (χ1) is 15.1. The molecule has 1 saturated heterocycles. The summed E-state index contributed by atoms with van der Waals surface area (Å²) >= 11 is 0. The summed E-state index contributed by atoms with van der Waals surface area (Å²) in [5, 5.41) is 3.25. The van der Waals surface area contributed by atoms with Crippen molar-refractivity contribution in [1.29, 1.82) is 0 Å². The van der Waals surface area contributed by atoms with Gasteiger partial charge in [-0.3, -0.25) is 14.7 Å². The molecule has 4 nitrogen and oxygen atoms in total. The zero-order valence-electron chi connectivity index (χ0n) is 17.8. The highest BCUT2D eigenvalue weighted by atomic mass is 19.1. The fourth-order valence-corrected chi connectivity index (χ4v) is 4.35. The number of carbonyl (C=O) groups excluding carboxylic acids is 1. The Morgan fingerprint density at radius 3 is 2.48 bits per heavy atom. The number of nitrogens with one attached hydrogen (secondary N) is 1. The molecular formula is C26H28FN3O. The number of piperidine rings is 1. The molecule has 1 atom stereocenters. The maximum absolute atomic E-state index is 14.0. The van der Waals surface area contributed by atoms with Gasteiger partial charge in [-0.15, -0.1) is 0 Å². The molecule has 1 aromatic heterocycles. The van der Waals surface area contributed by atoms with Gasteiger partial charge in [0.05, 0.1) is 11.7 Å². The van der Waals surface area contributed by atoms with Gasteiger partial charge in [-0.2, -0.15) is 0 Å². The van der Waals surface area contributed by atoms with Crippen molar-refractivity contribution in [2.24, 2.45) is 5.92 Å². The van der Waals surface area contributed by atoms with Crippen LogP contribution in [0, 0.1) is 18.7 Å². The normalized spacial score (nSPS) is 16.1. The molecule has 0 saturated carbocycles. The average molecular weight is 418 g/mol. The number of pyridine rings is 1. The van der Waals surface area contributed by atoms with Crippen LogP contribution in [0.1, 0.15) is 46.1 Å². The second kappa shape index (κ2) is 9.84. The molecule has 1 amide bonds. The quantitative estimate of drug-likeness (QED) is 0.620. The summed E-state index contributed by atoms with van der Waals surface area (Å²) in [6.07, 6.45) is 3.61. The van der Waals surface area contributed by atoms with Gasteiger partial charge in [0.2, 0.25) is 0 Å². The fraction of sp³-hybridized carbons (Fsp3) is 0.308. The Kier molecular flexibility index (Phi) is 6.73. The van der Waals surface area contributed by atoms with Gasteiger partial charge in [0.1, 0.15) is 5.82 Å². The molecule has 160 valence electrons. The van der Waals surface area contributed by atoms with Gasteiger partial charge in [0, 0.05) is 23.9 Å². The molecule has 1 fully saturated rings. The Labute approximate surface area is 183 Å². The monoisotopic (exact) mass is 417 g/mol. The van der Waals surface area contributed by atoms with E-state index in [1.54, 1.807) is 12.3 Å². The number of carbonyl (C=O) groups is 1. The minimum atomic E-state index is -0.151. The fourth-order valence-electron chi connectivity index (χ4n) is 4.35. The second-order valence-electron chi connectivity index (χ2n) is 8.23. The molecule has 1 unspecified atom stereocenters. The van der Waals surface area contributed by atoms with Gasteiger partial charge in [0.15, 0.2) is 0 Å². The van der Waals surface area contributed by atoms with Crippen LogP contribution in [-0.4, -0.2) is 28.9 Å². The number of amides is 1. The number of benzene rings is 2. The van der Waals surface area contributed by atoms with Crippen LogP contribution < -0.4 is 5.32 Å². The van der Waals surface area contributed by atoms with Gasteiger partial charge < -0.3 is 5.32 Å². The number of likely N-dealkylation sites (tertiary alicyclic amines) is 1. The highest BCUT2D eigenvalue weighted by molar-refractivity contribution is 5.95. The number of nitrogens with zero attached hydrogens (tertiary/aromatic N) is 2. The molecule has 5 heteroatoms. The van der Waals surface area contributed by atoms with Gasteiger partial charge in [0.25, 0.3) is 5.91 Å². The van der Waals surface area contributed by atoms with Gasteiger partial charge in [-0.05, 0) is 68.6 Å². The number of rotatable bonds is 6. The second-order valence-corrected chi connectivity index (χ2v) is 8.23. The molecule has 4 rings (SSSR count). The first-order valence-corrected chi connectivity index (χ1v) is 10.8. The third kappa shape index (κ3) is 5.17. The van der Waals surface area contributed by atoms with Crippen LogP contribution in [0.4, 0.5) is 4.39 Å². The lowest BCUT2D eigenvalue weighted by atomic mass is 9.86. The molecule has 3 aromatic rings. The van der Waals surface area contributed by atoms with E-state index >= 15 is 0 Å². The summed E-state index contributed by atoms with van der Waals surface area (Å²) in [6, 6.07) is 20.3. The number of hydrogen-bond donors (Lipinski definition) is 1. The minimum Gasteiger partial charge on any atom is -0.343 e. The van der Waals surface area contributed by atoms with Gasteiger partial charge >= 0.3 is 0 Å². The third-order valence-corrected chi connectivity index (χ3v) is 6.14. The standard InChI is InChI=1S/C26H28FN3O/c1-19-8-2-4-10-22(19)26(31)29-25(24-12-6-7-15-28-24)20-13-16-30(17-14-20)18-21-9-3-5-11-23(21)27/h2-12,15,20,25H,13-14,16-18H2,1H3,(H,29,31). The summed E-state index contributed by atoms with van der Waals surface area (Å²) in [6.45, 7) is 4.29. The van der Waals surface area contributed by atoms with Crippen molar-refractivity contribution >= 4 is 5.91 Å². The molecule has 1 aliphatic heterocycles. The molecule has 1 N–H and O–H groups in total. The van der Waals surface area contributed by atoms with Crippen LogP contribution in [-0.2, 0) is 6.54 Å². The van der Waals surface area contributed by atoms with Crippen molar-refractivity contribution in [3.05, 3.63) is 101 Å². The smallest absolute Gasteiger partial charge is 0.252 e. The molecule has 2 aromatic carbocycles. The van der Waals surface area contributed by atoms with Crippen molar-refractivity contribution in [3.8, 4) is 0 Å². The van der Waals surface area contributed by atoms with E-state index in [-0.39, 0.29) is 23.7 Å². The van der Waals surface area contributed by atoms with Crippen molar-refractivity contribution in [1.82, 2.24) is 15.2 Å². The molecule has 31 heavy (non-hydrogen) atoms. The highest BCUT2D eigenvalue weighted by Gasteiger charge is 2.30. The highest BCUT2D eigenvalue weighted by Crippen LogP contribution is 2.31. The first-order valence-electron chi connectivity index (χ1n) is 10.8. The van der Waals surface area contributed by atoms with E-state index in [1.807, 2.05) is 61.5 Å². The van der Waals surface area contributed by atoms with E-state index in [0.29, 0.717) is 12.1 Å². The Hall–Kier alpha value is -3.05. The number of aryl methyl sites for hydroxylation is 1. The van der Waals surface area contributed by atoms with Gasteiger partial charge in [-0.25, -0.2) is 4.39 Å². The van der Waals surface area contributed by atoms with Crippen molar-refractivity contribution in [2.45, 2.75) is 32.4 Å². The van der Waals surface area contributed by atoms with Crippen LogP contribution in [0.25, 0.3) is 0 Å². The van der Waals surface area contributed by atoms with E-state index < -0.39 is 0 Å². The predicted molar refractivity (Wildman–Crippen MR) is 120 cm³/mol. The van der Waals surface area contributed by atoms with Gasteiger partial charge in [-0.1, -0.05) is 42.5 Å². The summed E-state index contributed by atoms with van der Waals surface area (Å²) < 4.78 is 14.0. The van der Waals surface area contributed by atoms with E-state index in [4.69, 9.17) is 0 Å². The van der Waals surface area contributed by atoms with E-state index in [0.717, 1.165) is 42.8 Å². The Morgan fingerprint density at radius 1 is 1.06 bits per heavy atom. The Morgan fingerprint density at radius 2 is 1.77 bits per heavy atom. The zero-order chi connectivity index (χ0) is 21.6. The number of halogens is 1. The summed E-state index contributed by atoms with van der Waals surface area (Å²) in [5.74, 6) is 0.0590. The largest absolute Gasteiger partial charge is 0.343 e. The van der Waals surface area contributed by atoms with Crippen LogP contribution in [0.15, 0.2) is 72.9 Å². The van der Waals surface area contributed by atoms with Crippen LogP contribution in [0.5, 0.6) is 0 Å². The topological polar surface area (TPSA) is 45.2 Å². The number of aromatic nitrogens is 1. The molecule has 2 heterocycles. The SMILES string of the molecule is Cc1ccccc1C(=O)NC(c1ccccn1)C1CCN(Cc2ccccc2F)CC1. The third-order valence-electron chi connectivity index (χ3n) is 6.14. The van der Waals surface area contributed by atoms with Crippen LogP contribution in [0.2, 0.25) is 0 Å². The molecule has 1 aliphatic rings. The lowest BCUT2D eigenvalue weighted by Crippen LogP contribution is -2.41. The van der Waals surface area contributed by atoms with Crippen LogP contribution in [0.3, 0.4) is 0 Å². The predicted octanol–water partition coefficient (Wildman–Crippen LogP) is 4.91. The van der Waals surface area contributed by atoms with E-state index in [1.165, 1.54) is 6.07 Å². The van der Waals surface area contributed by atoms with Crippen LogP contribution >= 0.6 is 0 Å². The minimum absolute atomic E-state index is 0.0671. The molecule has 0 spiro atoms. The van der Waals surface area contributed by atoms with Crippen molar-refractivity contribution in [3.63, 3.8) is 0 Å². The van der Waals surface area contributed by atoms with Crippen molar-refractivity contribution in [2.75, 3.05) is 13.1 Å². The lowest BCUT2D eigenvalue weighted by molar-refractivity contribution is 0.0887. The average Bonchev–Trinajstić information content (AvgIpc) is 2.80. The molecule has 0 aliphatic carbocycles. The van der Waals surface area contributed by atoms with E-state index in [2.05, 4.69) is 15.2 Å².